The number of hydrogen-bond donors (Lipinski definition) is 2. The molecule has 1 aromatic carbocycles. The van der Waals surface area contributed by atoms with E-state index in [1.165, 1.54) is 5.56 Å². The minimum absolute atomic E-state index is 0.380. The smallest absolute Gasteiger partial charge is 0.158 e. The molecular weight excluding hydrogens is 332 g/mol. The molecule has 6 heteroatoms. The number of methoxy groups -OCH3 is 1. The van der Waals surface area contributed by atoms with Crippen LogP contribution in [-0.4, -0.2) is 23.6 Å². The normalized spacial score (nSPS) is 10.5. The molecule has 0 fully saturated rings. The van der Waals surface area contributed by atoms with Crippen LogP contribution in [0.15, 0.2) is 28.7 Å². The molecule has 0 amide bonds. The van der Waals surface area contributed by atoms with Crippen LogP contribution in [0, 0.1) is 6.92 Å². The van der Waals surface area contributed by atoms with Gasteiger partial charge in [-0.05, 0) is 37.6 Å². The van der Waals surface area contributed by atoms with Gasteiger partial charge in [0, 0.05) is 29.9 Å². The molecule has 0 radical (unpaired) electrons. The number of rotatable bonds is 6. The molecule has 21 heavy (non-hydrogen) atoms. The predicted octanol–water partition coefficient (Wildman–Crippen LogP) is 3.87. The van der Waals surface area contributed by atoms with E-state index in [1.807, 2.05) is 19.1 Å². The monoisotopic (exact) mass is 350 g/mol. The summed E-state index contributed by atoms with van der Waals surface area (Å²) >= 11 is 3.50. The number of ether oxygens (including phenoxy) is 1. The van der Waals surface area contributed by atoms with Crippen molar-refractivity contribution >= 4 is 33.3 Å². The Morgan fingerprint density at radius 3 is 2.57 bits per heavy atom. The summed E-state index contributed by atoms with van der Waals surface area (Å²) in [6.07, 6.45) is 0. The van der Waals surface area contributed by atoms with E-state index in [0.29, 0.717) is 12.4 Å². The van der Waals surface area contributed by atoms with Crippen molar-refractivity contribution < 1.29 is 4.74 Å². The summed E-state index contributed by atoms with van der Waals surface area (Å²) in [5.41, 5.74) is 2.15. The molecule has 2 N–H and O–H groups in total. The Morgan fingerprint density at radius 1 is 1.14 bits per heavy atom. The molecule has 0 unspecified atom stereocenters. The second-order valence-corrected chi connectivity index (χ2v) is 5.58. The van der Waals surface area contributed by atoms with E-state index in [2.05, 4.69) is 55.6 Å². The average molecular weight is 351 g/mol. The fourth-order valence-electron chi connectivity index (χ4n) is 1.98. The Balaban J connectivity index is 2.28. The van der Waals surface area contributed by atoms with E-state index in [1.54, 1.807) is 7.11 Å². The molecule has 0 saturated heterocycles. The van der Waals surface area contributed by atoms with Gasteiger partial charge in [-0.1, -0.05) is 15.9 Å². The van der Waals surface area contributed by atoms with Gasteiger partial charge in [0.15, 0.2) is 5.82 Å². The number of hydrogen-bond acceptors (Lipinski definition) is 5. The zero-order chi connectivity index (χ0) is 15.2. The molecule has 2 aromatic rings. The highest BCUT2D eigenvalue weighted by molar-refractivity contribution is 9.10. The Hall–Kier alpha value is -1.66. The highest BCUT2D eigenvalue weighted by Crippen LogP contribution is 2.23. The molecule has 5 nitrogen and oxygen atoms in total. The van der Waals surface area contributed by atoms with Crippen LogP contribution in [0.3, 0.4) is 0 Å². The molecule has 0 spiro atoms. The maximum Gasteiger partial charge on any atom is 0.158 e. The first kappa shape index (κ1) is 15.7. The fourth-order valence-corrected chi connectivity index (χ4v) is 2.59. The third-order valence-electron chi connectivity index (χ3n) is 2.72. The second kappa shape index (κ2) is 7.38. The molecule has 112 valence electrons. The summed E-state index contributed by atoms with van der Waals surface area (Å²) < 4.78 is 6.15. The average Bonchev–Trinajstić information content (AvgIpc) is 2.37. The first-order valence-electron chi connectivity index (χ1n) is 6.75. The van der Waals surface area contributed by atoms with E-state index in [-0.39, 0.29) is 0 Å². The second-order valence-electron chi connectivity index (χ2n) is 4.66. The molecule has 2 rings (SSSR count). The Morgan fingerprint density at radius 2 is 1.90 bits per heavy atom. The van der Waals surface area contributed by atoms with Crippen LogP contribution >= 0.6 is 15.9 Å². The number of nitrogens with one attached hydrogen (secondary N) is 2. The van der Waals surface area contributed by atoms with Crippen LogP contribution in [0.1, 0.15) is 18.3 Å². The number of halogens is 1. The van der Waals surface area contributed by atoms with Gasteiger partial charge in [0.05, 0.1) is 0 Å². The quantitative estimate of drug-likeness (QED) is 0.827. The Labute approximate surface area is 133 Å². The molecule has 0 atom stereocenters. The predicted molar refractivity (Wildman–Crippen MR) is 89.1 cm³/mol. The van der Waals surface area contributed by atoms with Crippen molar-refractivity contribution in [1.29, 1.82) is 0 Å². The van der Waals surface area contributed by atoms with Crippen LogP contribution in [0.4, 0.5) is 17.3 Å². The highest BCUT2D eigenvalue weighted by atomic mass is 79.9. The number of anilines is 3. The zero-order valence-electron chi connectivity index (χ0n) is 12.4. The topological polar surface area (TPSA) is 59.1 Å². The summed E-state index contributed by atoms with van der Waals surface area (Å²) in [5.74, 6) is 2.17. The molecule has 0 bridgehead atoms. The van der Waals surface area contributed by atoms with Crippen molar-refractivity contribution in [3.8, 4) is 0 Å². The molecule has 0 saturated carbocycles. The van der Waals surface area contributed by atoms with E-state index >= 15 is 0 Å². The number of aryl methyl sites for hydroxylation is 1. The number of aromatic nitrogens is 2. The van der Waals surface area contributed by atoms with Crippen molar-refractivity contribution in [2.45, 2.75) is 20.5 Å². The molecular formula is C15H19BrN4O. The lowest BCUT2D eigenvalue weighted by Crippen LogP contribution is -2.06. The van der Waals surface area contributed by atoms with Gasteiger partial charge in [-0.15, -0.1) is 0 Å². The van der Waals surface area contributed by atoms with Crippen molar-refractivity contribution in [2.24, 2.45) is 0 Å². The summed E-state index contributed by atoms with van der Waals surface area (Å²) in [6, 6.07) is 8.03. The van der Waals surface area contributed by atoms with Gasteiger partial charge in [0.1, 0.15) is 18.2 Å². The van der Waals surface area contributed by atoms with E-state index in [9.17, 15) is 0 Å². The maximum absolute atomic E-state index is 5.12. The minimum atomic E-state index is 0.380. The molecule has 0 aliphatic carbocycles. The number of nitrogens with zero attached hydrogens (tertiary/aromatic N) is 2. The van der Waals surface area contributed by atoms with Gasteiger partial charge in [-0.3, -0.25) is 0 Å². The zero-order valence-corrected chi connectivity index (χ0v) is 14.0. The minimum Gasteiger partial charge on any atom is -0.377 e. The van der Waals surface area contributed by atoms with Crippen molar-refractivity contribution in [3.63, 3.8) is 0 Å². The summed E-state index contributed by atoms with van der Waals surface area (Å²) in [7, 11) is 1.63. The Kier molecular flexibility index (Phi) is 5.52. The first-order chi connectivity index (χ1) is 10.1. The van der Waals surface area contributed by atoms with Crippen LogP contribution in [-0.2, 0) is 11.3 Å². The van der Waals surface area contributed by atoms with Crippen molar-refractivity contribution in [3.05, 3.63) is 40.1 Å². The lowest BCUT2D eigenvalue weighted by Gasteiger charge is -2.11. The van der Waals surface area contributed by atoms with Gasteiger partial charge >= 0.3 is 0 Å². The SMILES string of the molecule is CCNc1cc(Nc2cc(C)cc(Br)c2)nc(COC)n1. The molecule has 0 aliphatic rings. The van der Waals surface area contributed by atoms with Crippen molar-refractivity contribution in [2.75, 3.05) is 24.3 Å². The standard InChI is InChI=1S/C15H19BrN4O/c1-4-17-13-8-14(20-15(19-13)9-21-3)18-12-6-10(2)5-11(16)7-12/h5-8H,4,9H2,1-3H3,(H2,17,18,19,20). The lowest BCUT2D eigenvalue weighted by molar-refractivity contribution is 0.178. The summed E-state index contributed by atoms with van der Waals surface area (Å²) in [4.78, 5) is 8.85. The first-order valence-corrected chi connectivity index (χ1v) is 7.55. The molecule has 0 aliphatic heterocycles. The number of benzene rings is 1. The molecule has 1 heterocycles. The lowest BCUT2D eigenvalue weighted by atomic mass is 10.2. The van der Waals surface area contributed by atoms with Gasteiger partial charge in [0.2, 0.25) is 0 Å². The van der Waals surface area contributed by atoms with Crippen molar-refractivity contribution in [1.82, 2.24) is 9.97 Å². The van der Waals surface area contributed by atoms with Crippen LogP contribution in [0.25, 0.3) is 0 Å². The van der Waals surface area contributed by atoms with E-state index in [4.69, 9.17) is 4.74 Å². The fraction of sp³-hybridized carbons (Fsp3) is 0.333. The molecule has 1 aromatic heterocycles. The van der Waals surface area contributed by atoms with E-state index < -0.39 is 0 Å². The largest absolute Gasteiger partial charge is 0.377 e. The van der Waals surface area contributed by atoms with Crippen LogP contribution < -0.4 is 10.6 Å². The van der Waals surface area contributed by atoms with Crippen LogP contribution in [0.2, 0.25) is 0 Å². The third kappa shape index (κ3) is 4.68. The van der Waals surface area contributed by atoms with Gasteiger partial charge in [-0.25, -0.2) is 9.97 Å². The summed E-state index contributed by atoms with van der Waals surface area (Å²) in [5, 5.41) is 6.51. The maximum atomic E-state index is 5.12. The van der Waals surface area contributed by atoms with E-state index in [0.717, 1.165) is 28.3 Å². The summed E-state index contributed by atoms with van der Waals surface area (Å²) in [6.45, 7) is 5.27. The van der Waals surface area contributed by atoms with Gasteiger partial charge < -0.3 is 15.4 Å². The third-order valence-corrected chi connectivity index (χ3v) is 3.18. The van der Waals surface area contributed by atoms with Gasteiger partial charge in [0.25, 0.3) is 0 Å². The highest BCUT2D eigenvalue weighted by Gasteiger charge is 2.05. The van der Waals surface area contributed by atoms with Crippen LogP contribution in [0.5, 0.6) is 0 Å². The Bertz CT molecular complexity index is 574. The van der Waals surface area contributed by atoms with Gasteiger partial charge in [-0.2, -0.15) is 0 Å².